The van der Waals surface area contributed by atoms with Gasteiger partial charge in [-0.1, -0.05) is 59.3 Å². The first-order valence-electron chi connectivity index (χ1n) is 12.9. The average Bonchev–Trinajstić information content (AvgIpc) is 2.89. The second-order valence-electron chi connectivity index (χ2n) is 9.82. The van der Waals surface area contributed by atoms with Crippen LogP contribution in [0.2, 0.25) is 0 Å². The summed E-state index contributed by atoms with van der Waals surface area (Å²) in [6, 6.07) is 20.1. The molecule has 3 aromatic carbocycles. The van der Waals surface area contributed by atoms with Gasteiger partial charge in [-0.25, -0.2) is 8.42 Å². The zero-order chi connectivity index (χ0) is 28.7. The molecule has 9 heteroatoms. The largest absolute Gasteiger partial charge is 0.352 e. The lowest BCUT2D eigenvalue weighted by atomic mass is 10.1. The Kier molecular flexibility index (Phi) is 10.3. The first-order chi connectivity index (χ1) is 18.4. The molecule has 0 aliphatic rings. The number of carbonyl (C=O) groups excluding carboxylic acids is 2. The lowest BCUT2D eigenvalue weighted by molar-refractivity contribution is -0.139. The van der Waals surface area contributed by atoms with Crippen molar-refractivity contribution in [3.63, 3.8) is 0 Å². The summed E-state index contributed by atoms with van der Waals surface area (Å²) < 4.78 is 29.7. The predicted octanol–water partition coefficient (Wildman–Crippen LogP) is 5.59. The maximum absolute atomic E-state index is 14.0. The second-order valence-corrected chi connectivity index (χ2v) is 12.6. The van der Waals surface area contributed by atoms with Crippen molar-refractivity contribution in [1.29, 1.82) is 0 Å². The Hall–Kier alpha value is -3.17. The van der Waals surface area contributed by atoms with Crippen molar-refractivity contribution < 1.29 is 18.0 Å². The van der Waals surface area contributed by atoms with Crippen molar-refractivity contribution in [3.8, 4) is 0 Å². The zero-order valence-corrected chi connectivity index (χ0v) is 25.4. The Morgan fingerprint density at radius 3 is 2.15 bits per heavy atom. The van der Waals surface area contributed by atoms with E-state index in [1.165, 1.54) is 17.0 Å². The van der Waals surface area contributed by atoms with Gasteiger partial charge in [-0.2, -0.15) is 0 Å². The van der Waals surface area contributed by atoms with E-state index in [1.54, 1.807) is 37.3 Å². The highest BCUT2D eigenvalue weighted by atomic mass is 79.9. The molecule has 0 saturated heterocycles. The number of aryl methyl sites for hydroxylation is 2. The number of rotatable bonds is 11. The number of sulfonamides is 1. The highest BCUT2D eigenvalue weighted by molar-refractivity contribution is 9.10. The molecule has 0 unspecified atom stereocenters. The van der Waals surface area contributed by atoms with Crippen LogP contribution in [0.1, 0.15) is 43.9 Å². The second kappa shape index (κ2) is 13.3. The molecule has 0 fully saturated rings. The molecule has 0 aliphatic heterocycles. The summed E-state index contributed by atoms with van der Waals surface area (Å²) in [5.41, 5.74) is 2.95. The minimum Gasteiger partial charge on any atom is -0.352 e. The van der Waals surface area contributed by atoms with E-state index in [-0.39, 0.29) is 23.4 Å². The fourth-order valence-corrected chi connectivity index (χ4v) is 6.09. The van der Waals surface area contributed by atoms with Crippen LogP contribution < -0.4 is 9.62 Å². The third kappa shape index (κ3) is 7.92. The van der Waals surface area contributed by atoms with E-state index >= 15 is 0 Å². The van der Waals surface area contributed by atoms with Crippen molar-refractivity contribution >= 4 is 43.5 Å². The Morgan fingerprint density at radius 2 is 1.56 bits per heavy atom. The summed E-state index contributed by atoms with van der Waals surface area (Å²) >= 11 is 3.46. The van der Waals surface area contributed by atoms with E-state index in [2.05, 4.69) is 21.2 Å². The molecular weight excluding hydrogens is 578 g/mol. The Balaban J connectivity index is 2.05. The SMILES string of the molecule is CC[C@H](C)NC(=O)[C@@H](C)N(Cc1cccc(Br)c1)C(=O)CN(c1cc(C)cc(C)c1)S(=O)(=O)c1ccccc1. The summed E-state index contributed by atoms with van der Waals surface area (Å²) in [6.45, 7) is 8.98. The number of carbonyl (C=O) groups is 2. The predicted molar refractivity (Wildman–Crippen MR) is 159 cm³/mol. The van der Waals surface area contributed by atoms with Crippen LogP contribution in [0.3, 0.4) is 0 Å². The molecule has 0 bridgehead atoms. The maximum atomic E-state index is 14.0. The van der Waals surface area contributed by atoms with Gasteiger partial charge in [0, 0.05) is 17.1 Å². The Labute approximate surface area is 240 Å². The zero-order valence-electron chi connectivity index (χ0n) is 23.0. The molecule has 0 saturated carbocycles. The van der Waals surface area contributed by atoms with Gasteiger partial charge < -0.3 is 10.2 Å². The number of nitrogens with zero attached hydrogens (tertiary/aromatic N) is 2. The van der Waals surface area contributed by atoms with Gasteiger partial charge in [0.2, 0.25) is 11.8 Å². The van der Waals surface area contributed by atoms with Gasteiger partial charge >= 0.3 is 0 Å². The normalized spacial score (nSPS) is 12.9. The highest BCUT2D eigenvalue weighted by Gasteiger charge is 2.33. The third-order valence-electron chi connectivity index (χ3n) is 6.51. The minimum absolute atomic E-state index is 0.0620. The number of nitrogens with one attached hydrogen (secondary N) is 1. The average molecular weight is 615 g/mol. The van der Waals surface area contributed by atoms with Crippen molar-refractivity contribution in [2.24, 2.45) is 0 Å². The van der Waals surface area contributed by atoms with Crippen LogP contribution in [0.25, 0.3) is 0 Å². The minimum atomic E-state index is -4.09. The van der Waals surface area contributed by atoms with Gasteiger partial charge in [0.25, 0.3) is 10.0 Å². The number of anilines is 1. The van der Waals surface area contributed by atoms with Crippen LogP contribution in [0.5, 0.6) is 0 Å². The molecule has 1 N–H and O–H groups in total. The molecule has 208 valence electrons. The lowest BCUT2D eigenvalue weighted by Crippen LogP contribution is -2.52. The number of hydrogen-bond donors (Lipinski definition) is 1. The molecule has 0 heterocycles. The molecule has 2 amide bonds. The molecule has 0 spiro atoms. The number of halogens is 1. The third-order valence-corrected chi connectivity index (χ3v) is 8.80. The highest BCUT2D eigenvalue weighted by Crippen LogP contribution is 2.27. The monoisotopic (exact) mass is 613 g/mol. The van der Waals surface area contributed by atoms with Gasteiger partial charge in [-0.15, -0.1) is 0 Å². The lowest BCUT2D eigenvalue weighted by Gasteiger charge is -2.32. The van der Waals surface area contributed by atoms with E-state index in [4.69, 9.17) is 0 Å². The Bertz CT molecular complexity index is 1390. The Morgan fingerprint density at radius 1 is 0.923 bits per heavy atom. The molecule has 39 heavy (non-hydrogen) atoms. The van der Waals surface area contributed by atoms with Crippen LogP contribution >= 0.6 is 15.9 Å². The summed E-state index contributed by atoms with van der Waals surface area (Å²) in [7, 11) is -4.09. The van der Waals surface area contributed by atoms with Crippen molar-refractivity contribution in [2.75, 3.05) is 10.8 Å². The van der Waals surface area contributed by atoms with Gasteiger partial charge in [-0.3, -0.25) is 13.9 Å². The van der Waals surface area contributed by atoms with Crippen LogP contribution in [0, 0.1) is 13.8 Å². The van der Waals surface area contributed by atoms with E-state index in [0.717, 1.165) is 31.9 Å². The fourth-order valence-electron chi connectivity index (χ4n) is 4.22. The van der Waals surface area contributed by atoms with E-state index in [1.807, 2.05) is 58.0 Å². The number of hydrogen-bond acceptors (Lipinski definition) is 4. The summed E-state index contributed by atoms with van der Waals surface area (Å²) in [4.78, 5) is 28.6. The first-order valence-corrected chi connectivity index (χ1v) is 15.2. The molecule has 0 radical (unpaired) electrons. The van der Waals surface area contributed by atoms with Crippen LogP contribution in [-0.2, 0) is 26.2 Å². The van der Waals surface area contributed by atoms with Gasteiger partial charge in [0.15, 0.2) is 0 Å². The van der Waals surface area contributed by atoms with Crippen LogP contribution in [-0.4, -0.2) is 43.8 Å². The molecule has 2 atom stereocenters. The molecule has 3 rings (SSSR count). The van der Waals surface area contributed by atoms with E-state index in [9.17, 15) is 18.0 Å². The van der Waals surface area contributed by atoms with E-state index < -0.39 is 28.5 Å². The quantitative estimate of drug-likeness (QED) is 0.305. The number of amides is 2. The fraction of sp³-hybridized carbons (Fsp3) is 0.333. The molecule has 0 aromatic heterocycles. The van der Waals surface area contributed by atoms with Gasteiger partial charge in [0.05, 0.1) is 10.6 Å². The number of benzene rings is 3. The summed E-state index contributed by atoms with van der Waals surface area (Å²) in [5, 5.41) is 2.94. The molecule has 7 nitrogen and oxygen atoms in total. The standard InChI is InChI=1S/C30H36BrN3O4S/c1-6-23(4)32-30(36)24(5)33(19-25-11-10-12-26(31)18-25)29(35)20-34(27-16-21(2)15-22(3)17-27)39(37,38)28-13-8-7-9-14-28/h7-18,23-24H,6,19-20H2,1-5H3,(H,32,36)/t23-,24+/m0/s1. The first kappa shape index (κ1) is 30.4. The smallest absolute Gasteiger partial charge is 0.264 e. The molecular formula is C30H36BrN3O4S. The van der Waals surface area contributed by atoms with Gasteiger partial charge in [0.1, 0.15) is 12.6 Å². The van der Waals surface area contributed by atoms with E-state index in [0.29, 0.717) is 5.69 Å². The topological polar surface area (TPSA) is 86.8 Å². The van der Waals surface area contributed by atoms with Crippen LogP contribution in [0.4, 0.5) is 5.69 Å². The van der Waals surface area contributed by atoms with Crippen molar-refractivity contribution in [1.82, 2.24) is 10.2 Å². The molecule has 3 aromatic rings. The summed E-state index contributed by atoms with van der Waals surface area (Å²) in [5.74, 6) is -0.781. The molecule has 0 aliphatic carbocycles. The van der Waals surface area contributed by atoms with Crippen molar-refractivity contribution in [2.45, 2.75) is 64.6 Å². The van der Waals surface area contributed by atoms with Gasteiger partial charge in [-0.05, 0) is 87.2 Å². The summed E-state index contributed by atoms with van der Waals surface area (Å²) in [6.07, 6.45) is 0.744. The maximum Gasteiger partial charge on any atom is 0.264 e. The van der Waals surface area contributed by atoms with Crippen molar-refractivity contribution in [3.05, 3.63) is 94.0 Å². The van der Waals surface area contributed by atoms with Crippen LogP contribution in [0.15, 0.2) is 82.2 Å².